The van der Waals surface area contributed by atoms with Crippen molar-refractivity contribution in [3.05, 3.63) is 29.1 Å². The van der Waals surface area contributed by atoms with E-state index in [4.69, 9.17) is 5.10 Å². The molecule has 3 heteroatoms. The van der Waals surface area contributed by atoms with Gasteiger partial charge < -0.3 is 5.32 Å². The minimum absolute atomic E-state index is 0.357. The number of aryl methyl sites for hydroxylation is 2. The average molecular weight is 289 g/mol. The maximum atomic E-state index is 4.74. The molecule has 0 bridgehead atoms. The largest absolute Gasteiger partial charge is 0.305 e. The van der Waals surface area contributed by atoms with Crippen molar-refractivity contribution < 1.29 is 0 Å². The second-order valence-electron chi connectivity index (χ2n) is 6.00. The number of allylic oxidation sites excluding steroid dienone is 1. The van der Waals surface area contributed by atoms with Crippen molar-refractivity contribution in [1.29, 1.82) is 0 Å². The predicted octanol–water partition coefficient (Wildman–Crippen LogP) is 4.40. The molecule has 1 aliphatic carbocycles. The first-order valence-corrected chi connectivity index (χ1v) is 8.79. The summed E-state index contributed by atoms with van der Waals surface area (Å²) in [6, 6.07) is 2.67. The third-order valence-electron chi connectivity index (χ3n) is 4.36. The van der Waals surface area contributed by atoms with Crippen molar-refractivity contribution in [2.45, 2.75) is 78.3 Å². The lowest BCUT2D eigenvalue weighted by atomic mass is 9.98. The van der Waals surface area contributed by atoms with Crippen LogP contribution in [-0.4, -0.2) is 16.3 Å². The molecule has 1 aromatic heterocycles. The number of nitrogens with zero attached hydrogens (tertiary/aromatic N) is 2. The van der Waals surface area contributed by atoms with Crippen LogP contribution in [0.5, 0.6) is 0 Å². The van der Waals surface area contributed by atoms with Crippen molar-refractivity contribution in [2.24, 2.45) is 0 Å². The molecule has 0 spiro atoms. The molecular weight excluding hydrogens is 258 g/mol. The highest BCUT2D eigenvalue weighted by atomic mass is 15.3. The first kappa shape index (κ1) is 16.3. The van der Waals surface area contributed by atoms with E-state index in [0.717, 1.165) is 19.5 Å². The monoisotopic (exact) mass is 289 g/mol. The molecule has 1 N–H and O–H groups in total. The lowest BCUT2D eigenvalue weighted by molar-refractivity contribution is 0.510. The number of rotatable bonds is 7. The van der Waals surface area contributed by atoms with Crippen molar-refractivity contribution >= 4 is 0 Å². The Morgan fingerprint density at radius 2 is 2.10 bits per heavy atom. The van der Waals surface area contributed by atoms with E-state index < -0.39 is 0 Å². The van der Waals surface area contributed by atoms with E-state index in [1.54, 1.807) is 5.57 Å². The van der Waals surface area contributed by atoms with Crippen molar-refractivity contribution in [2.75, 3.05) is 6.54 Å². The first-order valence-electron chi connectivity index (χ1n) is 8.79. The molecule has 1 aromatic rings. The Kier molecular flexibility index (Phi) is 6.50. The Morgan fingerprint density at radius 3 is 2.81 bits per heavy atom. The second-order valence-corrected chi connectivity index (χ2v) is 6.00. The van der Waals surface area contributed by atoms with Crippen molar-refractivity contribution in [3.63, 3.8) is 0 Å². The van der Waals surface area contributed by atoms with Gasteiger partial charge in [0, 0.05) is 6.54 Å². The van der Waals surface area contributed by atoms with E-state index >= 15 is 0 Å². The SMILES string of the molecule is CCCNC(C1=CCCCCC1)c1cc(CC)nn1CC. The van der Waals surface area contributed by atoms with Crippen LogP contribution in [-0.2, 0) is 13.0 Å². The van der Waals surface area contributed by atoms with Crippen LogP contribution < -0.4 is 5.32 Å². The third-order valence-corrected chi connectivity index (χ3v) is 4.36. The van der Waals surface area contributed by atoms with E-state index in [1.807, 2.05) is 0 Å². The highest BCUT2D eigenvalue weighted by Gasteiger charge is 2.21. The van der Waals surface area contributed by atoms with Crippen LogP contribution in [0.3, 0.4) is 0 Å². The molecule has 1 aliphatic rings. The van der Waals surface area contributed by atoms with Crippen LogP contribution in [0, 0.1) is 0 Å². The van der Waals surface area contributed by atoms with Crippen LogP contribution in [0.2, 0.25) is 0 Å². The van der Waals surface area contributed by atoms with Gasteiger partial charge in [-0.25, -0.2) is 0 Å². The zero-order chi connectivity index (χ0) is 15.1. The van der Waals surface area contributed by atoms with Crippen molar-refractivity contribution in [3.8, 4) is 0 Å². The summed E-state index contributed by atoms with van der Waals surface area (Å²) in [5.74, 6) is 0. The molecule has 0 aromatic carbocycles. The summed E-state index contributed by atoms with van der Waals surface area (Å²) in [5.41, 5.74) is 4.15. The lowest BCUT2D eigenvalue weighted by Crippen LogP contribution is -2.26. The van der Waals surface area contributed by atoms with Gasteiger partial charge in [-0.1, -0.05) is 31.9 Å². The van der Waals surface area contributed by atoms with Gasteiger partial charge in [-0.15, -0.1) is 0 Å². The average Bonchev–Trinajstić information content (AvgIpc) is 2.73. The number of aromatic nitrogens is 2. The van der Waals surface area contributed by atoms with Gasteiger partial charge in [0.25, 0.3) is 0 Å². The van der Waals surface area contributed by atoms with Crippen molar-refractivity contribution in [1.82, 2.24) is 15.1 Å². The summed E-state index contributed by atoms with van der Waals surface area (Å²) in [4.78, 5) is 0. The molecule has 0 aliphatic heterocycles. The Labute approximate surface area is 129 Å². The van der Waals surface area contributed by atoms with Crippen LogP contribution in [0.15, 0.2) is 17.7 Å². The summed E-state index contributed by atoms with van der Waals surface area (Å²) in [6.07, 6.45) is 11.2. The summed E-state index contributed by atoms with van der Waals surface area (Å²) in [6.45, 7) is 8.63. The van der Waals surface area contributed by atoms with Gasteiger partial charge in [-0.2, -0.15) is 5.10 Å². The molecule has 0 saturated carbocycles. The molecule has 21 heavy (non-hydrogen) atoms. The predicted molar refractivity (Wildman–Crippen MR) is 89.5 cm³/mol. The fraction of sp³-hybridized carbons (Fsp3) is 0.722. The summed E-state index contributed by atoms with van der Waals surface area (Å²) >= 11 is 0. The Balaban J connectivity index is 2.29. The number of hydrogen-bond donors (Lipinski definition) is 1. The molecule has 3 nitrogen and oxygen atoms in total. The summed E-state index contributed by atoms with van der Waals surface area (Å²) in [5, 5.41) is 8.51. The zero-order valence-electron chi connectivity index (χ0n) is 14.0. The van der Waals surface area contributed by atoms with Crippen LogP contribution >= 0.6 is 0 Å². The molecule has 1 unspecified atom stereocenters. The second kappa shape index (κ2) is 8.38. The third kappa shape index (κ3) is 4.19. The fourth-order valence-electron chi connectivity index (χ4n) is 3.16. The Bertz CT molecular complexity index is 459. The summed E-state index contributed by atoms with van der Waals surface area (Å²) < 4.78 is 2.19. The maximum Gasteiger partial charge on any atom is 0.0707 e. The van der Waals surface area contributed by atoms with E-state index in [1.165, 1.54) is 49.9 Å². The van der Waals surface area contributed by atoms with E-state index in [2.05, 4.69) is 42.9 Å². The molecule has 0 saturated heterocycles. The van der Waals surface area contributed by atoms with Gasteiger partial charge >= 0.3 is 0 Å². The highest BCUT2D eigenvalue weighted by molar-refractivity contribution is 5.25. The zero-order valence-corrected chi connectivity index (χ0v) is 14.0. The van der Waals surface area contributed by atoms with E-state index in [0.29, 0.717) is 6.04 Å². The molecule has 0 fully saturated rings. The minimum atomic E-state index is 0.357. The molecule has 118 valence electrons. The van der Waals surface area contributed by atoms with Crippen LogP contribution in [0.1, 0.15) is 76.7 Å². The van der Waals surface area contributed by atoms with E-state index in [9.17, 15) is 0 Å². The smallest absolute Gasteiger partial charge is 0.0707 e. The normalized spacial score (nSPS) is 17.4. The number of hydrogen-bond acceptors (Lipinski definition) is 2. The quantitative estimate of drug-likeness (QED) is 0.754. The standard InChI is InChI=1S/C18H31N3/c1-4-13-19-18(15-11-9-7-8-10-12-15)17-14-16(5-2)20-21(17)6-3/h11,14,18-19H,4-10,12-13H2,1-3H3. The highest BCUT2D eigenvalue weighted by Crippen LogP contribution is 2.30. The van der Waals surface area contributed by atoms with Gasteiger partial charge in [-0.05, 0) is 58.1 Å². The van der Waals surface area contributed by atoms with Crippen LogP contribution in [0.4, 0.5) is 0 Å². The van der Waals surface area contributed by atoms with E-state index in [-0.39, 0.29) is 0 Å². The molecule has 1 heterocycles. The van der Waals surface area contributed by atoms with Gasteiger partial charge in [0.1, 0.15) is 0 Å². The lowest BCUT2D eigenvalue weighted by Gasteiger charge is -2.22. The maximum absolute atomic E-state index is 4.74. The molecular formula is C18H31N3. The van der Waals surface area contributed by atoms with Gasteiger partial charge in [-0.3, -0.25) is 4.68 Å². The first-order chi connectivity index (χ1) is 10.3. The number of nitrogens with one attached hydrogen (secondary N) is 1. The Morgan fingerprint density at radius 1 is 1.24 bits per heavy atom. The molecule has 1 atom stereocenters. The molecule has 2 rings (SSSR count). The fourth-order valence-corrected chi connectivity index (χ4v) is 3.16. The topological polar surface area (TPSA) is 29.9 Å². The molecule has 0 amide bonds. The minimum Gasteiger partial charge on any atom is -0.305 e. The Hall–Kier alpha value is -1.09. The van der Waals surface area contributed by atoms with Gasteiger partial charge in [0.05, 0.1) is 17.4 Å². The summed E-state index contributed by atoms with van der Waals surface area (Å²) in [7, 11) is 0. The molecule has 0 radical (unpaired) electrons. The van der Waals surface area contributed by atoms with Gasteiger partial charge in [0.2, 0.25) is 0 Å². The van der Waals surface area contributed by atoms with Crippen LogP contribution in [0.25, 0.3) is 0 Å². The van der Waals surface area contributed by atoms with Gasteiger partial charge in [0.15, 0.2) is 0 Å².